The molecule has 1 saturated carbocycles. The molecule has 2 aromatic rings. The Morgan fingerprint density at radius 3 is 2.35 bits per heavy atom. The van der Waals surface area contributed by atoms with Gasteiger partial charge in [-0.3, -0.25) is 4.79 Å². The molecule has 1 N–H and O–H groups in total. The highest BCUT2D eigenvalue weighted by Crippen LogP contribution is 2.49. The quantitative estimate of drug-likeness (QED) is 0.406. The highest BCUT2D eigenvalue weighted by molar-refractivity contribution is 6.34. The molecule has 1 atom stereocenters. The van der Waals surface area contributed by atoms with Crippen LogP contribution in [0, 0.1) is 12.3 Å². The third-order valence-electron chi connectivity index (χ3n) is 6.64. The van der Waals surface area contributed by atoms with E-state index < -0.39 is 18.2 Å². The summed E-state index contributed by atoms with van der Waals surface area (Å²) in [6.45, 7) is 2.22. The number of benzene rings is 2. The van der Waals surface area contributed by atoms with Crippen LogP contribution in [-0.2, 0) is 10.4 Å². The highest BCUT2D eigenvalue weighted by Gasteiger charge is 2.62. The minimum Gasteiger partial charge on any atom is -0.374 e. The van der Waals surface area contributed by atoms with Crippen LogP contribution in [0.15, 0.2) is 41.6 Å². The molecule has 0 radical (unpaired) electrons. The average Bonchev–Trinajstić information content (AvgIpc) is 3.19. The minimum absolute atomic E-state index is 0.0505. The SMILES string of the molecule is Cc1cc(C2=NOC(c3cc(Cl)cc(Cl)c3)(C(F)(F)F)C2)ccc1C(=O)NCC1(CCl)CCC1. The van der Waals surface area contributed by atoms with Gasteiger partial charge in [-0.25, -0.2) is 0 Å². The summed E-state index contributed by atoms with van der Waals surface area (Å²) in [7, 11) is 0. The topological polar surface area (TPSA) is 50.7 Å². The molecule has 182 valence electrons. The number of oxime groups is 1. The number of alkyl halides is 4. The van der Waals surface area contributed by atoms with E-state index in [2.05, 4.69) is 10.5 Å². The van der Waals surface area contributed by atoms with Gasteiger partial charge in [-0.15, -0.1) is 11.6 Å². The highest BCUT2D eigenvalue weighted by atomic mass is 35.5. The molecule has 1 unspecified atom stereocenters. The predicted molar refractivity (Wildman–Crippen MR) is 127 cm³/mol. The van der Waals surface area contributed by atoms with Crippen LogP contribution in [0.25, 0.3) is 0 Å². The minimum atomic E-state index is -4.78. The zero-order valence-corrected chi connectivity index (χ0v) is 20.5. The Kier molecular flexibility index (Phi) is 6.84. The Balaban J connectivity index is 1.55. The summed E-state index contributed by atoms with van der Waals surface area (Å²) in [5.41, 5.74) is -1.39. The molecule has 0 aromatic heterocycles. The molecule has 2 aromatic carbocycles. The van der Waals surface area contributed by atoms with Crippen LogP contribution in [0.5, 0.6) is 0 Å². The van der Waals surface area contributed by atoms with Gasteiger partial charge in [0.1, 0.15) is 0 Å². The van der Waals surface area contributed by atoms with Crippen molar-refractivity contribution in [3.63, 3.8) is 0 Å². The molecular weight excluding hydrogens is 512 g/mol. The molecule has 4 nitrogen and oxygen atoms in total. The largest absolute Gasteiger partial charge is 0.435 e. The van der Waals surface area contributed by atoms with Crippen molar-refractivity contribution < 1.29 is 22.8 Å². The number of carbonyl (C=O) groups is 1. The number of aryl methyl sites for hydroxylation is 1. The molecule has 1 fully saturated rings. The fourth-order valence-corrected chi connectivity index (χ4v) is 5.23. The maximum Gasteiger partial charge on any atom is 0.435 e. The maximum atomic E-state index is 14.2. The van der Waals surface area contributed by atoms with E-state index in [1.807, 2.05) is 0 Å². The molecular formula is C24H22Cl3F3N2O2. The Morgan fingerprint density at radius 1 is 1.15 bits per heavy atom. The first kappa shape index (κ1) is 25.1. The Bertz CT molecular complexity index is 1120. The first-order valence-corrected chi connectivity index (χ1v) is 12.0. The molecule has 10 heteroatoms. The van der Waals surface area contributed by atoms with Crippen LogP contribution in [0.2, 0.25) is 10.0 Å². The summed E-state index contributed by atoms with van der Waals surface area (Å²) < 4.78 is 42.6. The lowest BCUT2D eigenvalue weighted by atomic mass is 9.70. The maximum absolute atomic E-state index is 14.2. The number of rotatable bonds is 6. The number of hydrogen-bond acceptors (Lipinski definition) is 3. The number of hydrogen-bond donors (Lipinski definition) is 1. The van der Waals surface area contributed by atoms with E-state index in [0.717, 1.165) is 19.3 Å². The second-order valence-electron chi connectivity index (χ2n) is 8.99. The molecule has 0 bridgehead atoms. The van der Waals surface area contributed by atoms with Gasteiger partial charge in [0.15, 0.2) is 0 Å². The number of amides is 1. The number of nitrogens with one attached hydrogen (secondary N) is 1. The Hall–Kier alpha value is -1.96. The fourth-order valence-electron chi connectivity index (χ4n) is 4.34. The Morgan fingerprint density at radius 2 is 1.82 bits per heavy atom. The van der Waals surface area contributed by atoms with E-state index in [-0.39, 0.29) is 32.6 Å². The van der Waals surface area contributed by atoms with Gasteiger partial charge in [-0.2, -0.15) is 13.2 Å². The smallest absolute Gasteiger partial charge is 0.374 e. The molecule has 1 amide bonds. The van der Waals surface area contributed by atoms with Gasteiger partial charge in [-0.1, -0.05) is 40.8 Å². The van der Waals surface area contributed by atoms with Crippen molar-refractivity contribution in [1.82, 2.24) is 5.32 Å². The zero-order valence-electron chi connectivity index (χ0n) is 18.2. The van der Waals surface area contributed by atoms with Gasteiger partial charge in [0, 0.05) is 45.4 Å². The average molecular weight is 534 g/mol. The molecule has 1 aliphatic carbocycles. The van der Waals surface area contributed by atoms with E-state index in [4.69, 9.17) is 39.6 Å². The van der Waals surface area contributed by atoms with E-state index >= 15 is 0 Å². The van der Waals surface area contributed by atoms with Gasteiger partial charge in [0.2, 0.25) is 0 Å². The normalized spacial score (nSPS) is 21.4. The first-order chi connectivity index (χ1) is 16.0. The fraction of sp³-hybridized carbons (Fsp3) is 0.417. The second-order valence-corrected chi connectivity index (χ2v) is 10.1. The van der Waals surface area contributed by atoms with Crippen molar-refractivity contribution in [2.24, 2.45) is 10.6 Å². The van der Waals surface area contributed by atoms with Crippen molar-refractivity contribution in [2.45, 2.75) is 44.4 Å². The van der Waals surface area contributed by atoms with Crippen molar-refractivity contribution in [3.8, 4) is 0 Å². The van der Waals surface area contributed by atoms with Crippen LogP contribution < -0.4 is 5.32 Å². The van der Waals surface area contributed by atoms with E-state index in [0.29, 0.717) is 29.1 Å². The van der Waals surface area contributed by atoms with Crippen molar-refractivity contribution in [3.05, 3.63) is 68.7 Å². The monoisotopic (exact) mass is 532 g/mol. The summed E-state index contributed by atoms with van der Waals surface area (Å²) in [5.74, 6) is 0.243. The van der Waals surface area contributed by atoms with Gasteiger partial charge in [0.25, 0.3) is 11.5 Å². The summed E-state index contributed by atoms with van der Waals surface area (Å²) >= 11 is 18.0. The number of nitrogens with zero attached hydrogens (tertiary/aromatic N) is 1. The van der Waals surface area contributed by atoms with E-state index in [9.17, 15) is 18.0 Å². The van der Waals surface area contributed by atoms with E-state index in [1.165, 1.54) is 18.2 Å². The first-order valence-electron chi connectivity index (χ1n) is 10.7. The molecule has 1 heterocycles. The molecule has 1 aliphatic heterocycles. The van der Waals surface area contributed by atoms with Crippen LogP contribution >= 0.6 is 34.8 Å². The van der Waals surface area contributed by atoms with Crippen LogP contribution in [0.4, 0.5) is 13.2 Å². The van der Waals surface area contributed by atoms with Crippen molar-refractivity contribution >= 4 is 46.4 Å². The van der Waals surface area contributed by atoms with Crippen LogP contribution in [-0.4, -0.2) is 30.2 Å². The second kappa shape index (κ2) is 9.25. The Labute approximate surface area is 210 Å². The lowest BCUT2D eigenvalue weighted by Crippen LogP contribution is -2.43. The molecule has 2 aliphatic rings. The molecule has 0 spiro atoms. The predicted octanol–water partition coefficient (Wildman–Crippen LogP) is 7.02. The molecule has 4 rings (SSSR count). The zero-order chi connectivity index (χ0) is 24.7. The lowest BCUT2D eigenvalue weighted by molar-refractivity contribution is -0.275. The van der Waals surface area contributed by atoms with Crippen molar-refractivity contribution in [1.29, 1.82) is 0 Å². The molecule has 0 saturated heterocycles. The van der Waals surface area contributed by atoms with Gasteiger partial charge in [-0.05, 0) is 61.2 Å². The molecule has 34 heavy (non-hydrogen) atoms. The van der Waals surface area contributed by atoms with Crippen LogP contribution in [0.3, 0.4) is 0 Å². The van der Waals surface area contributed by atoms with Gasteiger partial charge >= 0.3 is 6.18 Å². The summed E-state index contributed by atoms with van der Waals surface area (Å²) in [6, 6.07) is 8.49. The third kappa shape index (κ3) is 4.62. The number of halogens is 6. The van der Waals surface area contributed by atoms with Crippen LogP contribution in [0.1, 0.15) is 52.7 Å². The summed E-state index contributed by atoms with van der Waals surface area (Å²) in [5, 5.41) is 6.83. The van der Waals surface area contributed by atoms with Crippen molar-refractivity contribution in [2.75, 3.05) is 12.4 Å². The third-order valence-corrected chi connectivity index (χ3v) is 7.64. The van der Waals surface area contributed by atoms with Gasteiger partial charge < -0.3 is 10.2 Å². The number of carbonyl (C=O) groups excluding carboxylic acids is 1. The summed E-state index contributed by atoms with van der Waals surface area (Å²) in [6.07, 6.45) is -2.28. The standard InChI is InChI=1S/C24H22Cl3F3N2O2/c1-14-7-15(3-4-19(14)21(33)31-13-22(12-25)5-2-6-22)20-11-23(34-32-20,24(28,29)30)16-8-17(26)10-18(27)9-16/h3-4,7-10H,2,5-6,11-13H2,1H3,(H,31,33). The van der Waals surface area contributed by atoms with E-state index in [1.54, 1.807) is 25.1 Å². The van der Waals surface area contributed by atoms with Gasteiger partial charge in [0.05, 0.1) is 5.71 Å². The lowest BCUT2D eigenvalue weighted by Gasteiger charge is -2.40. The summed E-state index contributed by atoms with van der Waals surface area (Å²) in [4.78, 5) is 17.7.